The van der Waals surface area contributed by atoms with Crippen molar-refractivity contribution in [3.63, 3.8) is 0 Å². The Bertz CT molecular complexity index is 1120. The van der Waals surface area contributed by atoms with Crippen molar-refractivity contribution in [3.8, 4) is 0 Å². The summed E-state index contributed by atoms with van der Waals surface area (Å²) >= 11 is 0. The minimum atomic E-state index is -0.137. The Morgan fingerprint density at radius 3 is 2.91 bits per heavy atom. The SMILES string of the molecule is CC1=CC(C)C(C2/C(=N/CCCN3CCCC3=O)NC(=O)N2c2ccc3[nH]cnc3c2)CC1. The van der Waals surface area contributed by atoms with Gasteiger partial charge in [-0.25, -0.2) is 9.78 Å². The predicted octanol–water partition coefficient (Wildman–Crippen LogP) is 3.86. The first-order valence-electron chi connectivity index (χ1n) is 12.0. The van der Waals surface area contributed by atoms with Gasteiger partial charge in [-0.15, -0.1) is 0 Å². The third kappa shape index (κ3) is 4.26. The van der Waals surface area contributed by atoms with Crippen LogP contribution < -0.4 is 10.2 Å². The Morgan fingerprint density at radius 2 is 2.12 bits per heavy atom. The lowest BCUT2D eigenvalue weighted by atomic mass is 9.77. The third-order valence-electron chi connectivity index (χ3n) is 7.24. The van der Waals surface area contributed by atoms with E-state index in [1.807, 2.05) is 28.0 Å². The molecule has 0 radical (unpaired) electrons. The number of amidine groups is 1. The van der Waals surface area contributed by atoms with Gasteiger partial charge in [-0.05, 0) is 62.6 Å². The van der Waals surface area contributed by atoms with Crippen LogP contribution in [0.4, 0.5) is 10.5 Å². The number of H-pyrrole nitrogens is 1. The number of amides is 3. The number of benzene rings is 1. The number of hydrogen-bond acceptors (Lipinski definition) is 4. The number of nitrogens with one attached hydrogen (secondary N) is 2. The molecular formula is C25H32N6O2. The predicted molar refractivity (Wildman–Crippen MR) is 129 cm³/mol. The van der Waals surface area contributed by atoms with E-state index in [9.17, 15) is 9.59 Å². The van der Waals surface area contributed by atoms with E-state index >= 15 is 0 Å². The van der Waals surface area contributed by atoms with Crippen LogP contribution in [0, 0.1) is 11.8 Å². The Hall–Kier alpha value is -3.16. The molecule has 3 heterocycles. The summed E-state index contributed by atoms with van der Waals surface area (Å²) < 4.78 is 0. The first-order chi connectivity index (χ1) is 16.0. The lowest BCUT2D eigenvalue weighted by Crippen LogP contribution is -2.44. The number of likely N-dealkylation sites (tertiary alicyclic amines) is 1. The molecule has 0 saturated carbocycles. The van der Waals surface area contributed by atoms with E-state index < -0.39 is 0 Å². The van der Waals surface area contributed by atoms with Crippen molar-refractivity contribution >= 4 is 34.5 Å². The van der Waals surface area contributed by atoms with Crippen molar-refractivity contribution in [1.82, 2.24) is 20.2 Å². The highest BCUT2D eigenvalue weighted by molar-refractivity contribution is 6.16. The van der Waals surface area contributed by atoms with Gasteiger partial charge in [-0.2, -0.15) is 0 Å². The zero-order valence-corrected chi connectivity index (χ0v) is 19.4. The van der Waals surface area contributed by atoms with Crippen LogP contribution in [0.1, 0.15) is 46.0 Å². The quantitative estimate of drug-likeness (QED) is 0.519. The van der Waals surface area contributed by atoms with Gasteiger partial charge in [0.05, 0.1) is 23.4 Å². The molecule has 8 heteroatoms. The Morgan fingerprint density at radius 1 is 1.24 bits per heavy atom. The number of aromatic amines is 1. The molecule has 3 unspecified atom stereocenters. The van der Waals surface area contributed by atoms with Crippen LogP contribution in [-0.2, 0) is 4.79 Å². The summed E-state index contributed by atoms with van der Waals surface area (Å²) in [5, 5.41) is 3.07. The second-order valence-corrected chi connectivity index (χ2v) is 9.53. The fraction of sp³-hybridized carbons (Fsp3) is 0.520. The summed E-state index contributed by atoms with van der Waals surface area (Å²) in [4.78, 5) is 41.2. The number of allylic oxidation sites excluding steroid dienone is 2. The van der Waals surface area contributed by atoms with E-state index in [2.05, 4.69) is 35.2 Å². The molecule has 8 nitrogen and oxygen atoms in total. The van der Waals surface area contributed by atoms with Gasteiger partial charge in [0.25, 0.3) is 0 Å². The monoisotopic (exact) mass is 448 g/mol. The Balaban J connectivity index is 1.41. The zero-order chi connectivity index (χ0) is 22.9. The second kappa shape index (κ2) is 9.00. The maximum Gasteiger partial charge on any atom is 0.327 e. The van der Waals surface area contributed by atoms with Crippen molar-refractivity contribution in [2.75, 3.05) is 24.5 Å². The highest BCUT2D eigenvalue weighted by Gasteiger charge is 2.44. The number of carbonyl (C=O) groups is 2. The summed E-state index contributed by atoms with van der Waals surface area (Å²) in [6.07, 6.45) is 8.48. The lowest BCUT2D eigenvalue weighted by Gasteiger charge is -2.35. The molecule has 0 bridgehead atoms. The summed E-state index contributed by atoms with van der Waals surface area (Å²) in [6.45, 7) is 6.60. The van der Waals surface area contributed by atoms with Gasteiger partial charge in [0.15, 0.2) is 0 Å². The molecule has 2 saturated heterocycles. The van der Waals surface area contributed by atoms with Gasteiger partial charge >= 0.3 is 6.03 Å². The van der Waals surface area contributed by atoms with Crippen molar-refractivity contribution in [1.29, 1.82) is 0 Å². The van der Waals surface area contributed by atoms with Crippen molar-refractivity contribution in [3.05, 3.63) is 36.2 Å². The molecule has 5 rings (SSSR count). The summed E-state index contributed by atoms with van der Waals surface area (Å²) in [6, 6.07) is 5.64. The molecule has 1 aromatic carbocycles. The molecule has 1 aromatic heterocycles. The Labute approximate surface area is 194 Å². The van der Waals surface area contributed by atoms with E-state index in [0.717, 1.165) is 61.3 Å². The fourth-order valence-corrected chi connectivity index (χ4v) is 5.53. The van der Waals surface area contributed by atoms with Gasteiger partial charge in [0.1, 0.15) is 5.84 Å². The van der Waals surface area contributed by atoms with Crippen LogP contribution in [0.5, 0.6) is 0 Å². The van der Waals surface area contributed by atoms with Crippen LogP contribution >= 0.6 is 0 Å². The number of fused-ring (bicyclic) bond motifs is 1. The normalized spacial score (nSPS) is 27.0. The number of anilines is 1. The first kappa shape index (κ1) is 21.7. The molecule has 3 atom stereocenters. The van der Waals surface area contributed by atoms with Crippen LogP contribution in [0.15, 0.2) is 41.2 Å². The molecule has 3 aliphatic rings. The smallest absolute Gasteiger partial charge is 0.327 e. The summed E-state index contributed by atoms with van der Waals surface area (Å²) in [7, 11) is 0. The molecule has 33 heavy (non-hydrogen) atoms. The van der Waals surface area contributed by atoms with Gasteiger partial charge in [-0.1, -0.05) is 18.6 Å². The van der Waals surface area contributed by atoms with E-state index in [-0.39, 0.29) is 23.9 Å². The van der Waals surface area contributed by atoms with E-state index in [1.165, 1.54) is 5.57 Å². The maximum absolute atomic E-state index is 13.2. The van der Waals surface area contributed by atoms with Crippen LogP contribution in [0.2, 0.25) is 0 Å². The molecular weight excluding hydrogens is 416 g/mol. The maximum atomic E-state index is 13.2. The number of hydrogen-bond donors (Lipinski definition) is 2. The molecule has 2 aliphatic heterocycles. The number of aromatic nitrogens is 2. The van der Waals surface area contributed by atoms with Gasteiger partial charge < -0.3 is 9.88 Å². The van der Waals surface area contributed by atoms with Crippen molar-refractivity contribution < 1.29 is 9.59 Å². The van der Waals surface area contributed by atoms with Crippen LogP contribution in [0.3, 0.4) is 0 Å². The van der Waals surface area contributed by atoms with Gasteiger partial charge in [-0.3, -0.25) is 20.0 Å². The molecule has 1 aliphatic carbocycles. The minimum Gasteiger partial charge on any atom is -0.345 e. The van der Waals surface area contributed by atoms with Crippen LogP contribution in [0.25, 0.3) is 11.0 Å². The average Bonchev–Trinajstić information content (AvgIpc) is 3.50. The fourth-order valence-electron chi connectivity index (χ4n) is 5.53. The third-order valence-corrected chi connectivity index (χ3v) is 7.24. The summed E-state index contributed by atoms with van der Waals surface area (Å²) in [5.41, 5.74) is 4.04. The number of carbonyl (C=O) groups excluding carboxylic acids is 2. The number of nitrogens with zero attached hydrogens (tertiary/aromatic N) is 4. The number of imidazole rings is 1. The molecule has 2 N–H and O–H groups in total. The lowest BCUT2D eigenvalue weighted by molar-refractivity contribution is -0.127. The molecule has 174 valence electrons. The highest BCUT2D eigenvalue weighted by atomic mass is 16.2. The molecule has 2 aromatic rings. The number of aliphatic imine (C=N–C) groups is 1. The second-order valence-electron chi connectivity index (χ2n) is 9.53. The number of urea groups is 1. The minimum absolute atomic E-state index is 0.137. The van der Waals surface area contributed by atoms with Gasteiger partial charge in [0, 0.05) is 31.7 Å². The van der Waals surface area contributed by atoms with Crippen molar-refractivity contribution in [2.45, 2.75) is 52.0 Å². The van der Waals surface area contributed by atoms with E-state index in [0.29, 0.717) is 18.9 Å². The van der Waals surface area contributed by atoms with Crippen LogP contribution in [-0.4, -0.2) is 58.3 Å². The highest BCUT2D eigenvalue weighted by Crippen LogP contribution is 2.37. The average molecular weight is 449 g/mol. The summed E-state index contributed by atoms with van der Waals surface area (Å²) in [5.74, 6) is 1.62. The largest absolute Gasteiger partial charge is 0.345 e. The standard InChI is InChI=1S/C25H32N6O2/c1-16-6-8-19(17(2)13-16)23-24(26-10-4-12-30-11-3-5-22(30)32)29-25(33)31(23)18-7-9-20-21(14-18)28-15-27-20/h7,9,13-15,17,19,23H,3-6,8,10-12H2,1-2H3,(H,27,28)(H,26,29,33). The number of rotatable bonds is 6. The van der Waals surface area contributed by atoms with Gasteiger partial charge in [0.2, 0.25) is 5.91 Å². The molecule has 3 amide bonds. The zero-order valence-electron chi connectivity index (χ0n) is 19.4. The van der Waals surface area contributed by atoms with Crippen molar-refractivity contribution in [2.24, 2.45) is 16.8 Å². The molecule has 0 spiro atoms. The van der Waals surface area contributed by atoms with E-state index in [1.54, 1.807) is 6.33 Å². The van der Waals surface area contributed by atoms with E-state index in [4.69, 9.17) is 4.99 Å². The Kier molecular flexibility index (Phi) is 5.91. The first-order valence-corrected chi connectivity index (χ1v) is 12.0. The topological polar surface area (TPSA) is 93.7 Å². The molecule has 2 fully saturated rings.